The highest BCUT2D eigenvalue weighted by Gasteiger charge is 2.33. The van der Waals surface area contributed by atoms with E-state index < -0.39 is 19.5 Å². The largest absolute Gasteiger partial charge is 0.458 e. The van der Waals surface area contributed by atoms with Crippen LogP contribution in [0, 0.1) is 0 Å². The molecule has 0 saturated carbocycles. The van der Waals surface area contributed by atoms with Crippen LogP contribution in [-0.2, 0) is 19.1 Å². The third-order valence-electron chi connectivity index (χ3n) is 1.25. The Balaban J connectivity index is 3.81. The minimum Gasteiger partial charge on any atom is -0.458 e. The van der Waals surface area contributed by atoms with Gasteiger partial charge in [-0.25, -0.2) is 9.59 Å². The van der Waals surface area contributed by atoms with Gasteiger partial charge in [-0.1, -0.05) is 69.6 Å². The maximum atomic E-state index is 10.9. The maximum Gasteiger partial charge on any atom is 0.358 e. The lowest BCUT2D eigenvalue weighted by atomic mass is 10.5. The van der Waals surface area contributed by atoms with Crippen LogP contribution in [0.5, 0.6) is 0 Å². The van der Waals surface area contributed by atoms with Gasteiger partial charge in [0.25, 0.3) is 7.59 Å². The smallest absolute Gasteiger partial charge is 0.358 e. The Morgan fingerprint density at radius 1 is 0.778 bits per heavy atom. The van der Waals surface area contributed by atoms with Crippen molar-refractivity contribution in [3.63, 3.8) is 0 Å². The maximum absolute atomic E-state index is 10.9. The van der Waals surface area contributed by atoms with E-state index in [9.17, 15) is 9.59 Å². The Bertz CT molecular complexity index is 297. The summed E-state index contributed by atoms with van der Waals surface area (Å²) >= 11 is 31.4. The molecule has 0 N–H and O–H groups in total. The molecule has 0 aliphatic rings. The second-order valence-electron chi connectivity index (χ2n) is 2.66. The van der Waals surface area contributed by atoms with Crippen molar-refractivity contribution in [3.8, 4) is 0 Å². The van der Waals surface area contributed by atoms with E-state index in [1.165, 1.54) is 12.2 Å². The average Bonchev–Trinajstić information content (AvgIpc) is 2.19. The van der Waals surface area contributed by atoms with Crippen LogP contribution in [0.3, 0.4) is 0 Å². The van der Waals surface area contributed by atoms with Crippen LogP contribution in [0.2, 0.25) is 0 Å². The summed E-state index contributed by atoms with van der Waals surface area (Å²) in [5.74, 6) is -2.04. The molecule has 0 aromatic heterocycles. The van der Waals surface area contributed by atoms with Crippen molar-refractivity contribution in [3.05, 3.63) is 12.2 Å². The Hall–Kier alpha value is 0.420. The fraction of sp³-hybridized carbons (Fsp3) is 0.500. The first-order valence-electron chi connectivity index (χ1n) is 4.18. The van der Waals surface area contributed by atoms with E-state index in [1.807, 2.05) is 0 Å². The van der Waals surface area contributed by atoms with Gasteiger partial charge in [0, 0.05) is 0 Å². The SMILES string of the molecule is O=C(OCC=CCOC(=O)C(Cl)(Cl)Cl)C(Cl)(Cl)Cl. The van der Waals surface area contributed by atoms with E-state index in [1.54, 1.807) is 0 Å². The Labute approximate surface area is 133 Å². The van der Waals surface area contributed by atoms with Crippen LogP contribution in [-0.4, -0.2) is 32.7 Å². The lowest BCUT2D eigenvalue weighted by molar-refractivity contribution is -0.142. The molecule has 0 radical (unpaired) electrons. The summed E-state index contributed by atoms with van der Waals surface area (Å²) < 4.78 is 4.82. The predicted octanol–water partition coefficient (Wildman–Crippen LogP) is 3.37. The first kappa shape index (κ1) is 18.4. The molecule has 0 heterocycles. The second kappa shape index (κ2) is 7.88. The highest BCUT2D eigenvalue weighted by molar-refractivity contribution is 6.76. The summed E-state index contributed by atoms with van der Waals surface area (Å²) in [6.07, 6.45) is 2.72. The zero-order chi connectivity index (χ0) is 14.4. The molecule has 0 saturated heterocycles. The van der Waals surface area contributed by atoms with Crippen molar-refractivity contribution in [1.29, 1.82) is 0 Å². The summed E-state index contributed by atoms with van der Waals surface area (Å²) in [5.41, 5.74) is 0. The van der Waals surface area contributed by atoms with Crippen molar-refractivity contribution < 1.29 is 19.1 Å². The molecule has 18 heavy (non-hydrogen) atoms. The molecule has 0 aromatic carbocycles. The van der Waals surface area contributed by atoms with Gasteiger partial charge in [0.15, 0.2) is 0 Å². The van der Waals surface area contributed by atoms with E-state index >= 15 is 0 Å². The topological polar surface area (TPSA) is 52.6 Å². The Morgan fingerprint density at radius 2 is 1.06 bits per heavy atom. The molecule has 10 heteroatoms. The minimum absolute atomic E-state index is 0.155. The summed E-state index contributed by atoms with van der Waals surface area (Å²) in [4.78, 5) is 21.9. The molecule has 0 atom stereocenters. The van der Waals surface area contributed by atoms with Crippen molar-refractivity contribution in [2.45, 2.75) is 7.59 Å². The molecule has 0 aliphatic carbocycles. The predicted molar refractivity (Wildman–Crippen MR) is 71.6 cm³/mol. The van der Waals surface area contributed by atoms with Crippen LogP contribution in [0.25, 0.3) is 0 Å². The highest BCUT2D eigenvalue weighted by atomic mass is 35.6. The first-order valence-corrected chi connectivity index (χ1v) is 6.45. The quantitative estimate of drug-likeness (QED) is 0.427. The molecular weight excluding hydrogens is 373 g/mol. The summed E-state index contributed by atoms with van der Waals surface area (Å²) in [6.45, 7) is -0.309. The number of ether oxygens (including phenoxy) is 2. The summed E-state index contributed by atoms with van der Waals surface area (Å²) in [7, 11) is 0. The lowest BCUT2D eigenvalue weighted by Gasteiger charge is -2.09. The minimum atomic E-state index is -2.13. The van der Waals surface area contributed by atoms with Gasteiger partial charge in [-0.3, -0.25) is 0 Å². The van der Waals surface area contributed by atoms with Crippen LogP contribution in [0.4, 0.5) is 0 Å². The van der Waals surface area contributed by atoms with Gasteiger partial charge in [0.2, 0.25) is 0 Å². The number of hydrogen-bond acceptors (Lipinski definition) is 4. The summed E-state index contributed by atoms with van der Waals surface area (Å²) in [6, 6.07) is 0. The molecule has 4 nitrogen and oxygen atoms in total. The second-order valence-corrected chi connectivity index (χ2v) is 7.23. The van der Waals surface area contributed by atoms with E-state index in [-0.39, 0.29) is 13.2 Å². The first-order chi connectivity index (χ1) is 8.05. The number of carbonyl (C=O) groups is 2. The number of rotatable bonds is 4. The van der Waals surface area contributed by atoms with Crippen LogP contribution >= 0.6 is 69.6 Å². The molecule has 0 rings (SSSR count). The van der Waals surface area contributed by atoms with Crippen molar-refractivity contribution in [2.24, 2.45) is 0 Å². The van der Waals surface area contributed by atoms with E-state index in [2.05, 4.69) is 9.47 Å². The lowest BCUT2D eigenvalue weighted by Crippen LogP contribution is -2.22. The van der Waals surface area contributed by atoms with Crippen molar-refractivity contribution >= 4 is 81.5 Å². The standard InChI is InChI=1S/C8H6Cl6O4/c9-7(10,11)5(15)17-3-1-2-4-18-6(16)8(12,13)14/h1-2H,3-4H2. The number of alkyl halides is 6. The molecule has 0 aliphatic heterocycles. The van der Waals surface area contributed by atoms with Gasteiger partial charge in [-0.2, -0.15) is 0 Å². The van der Waals surface area contributed by atoms with E-state index in [4.69, 9.17) is 69.6 Å². The summed E-state index contributed by atoms with van der Waals surface area (Å²) in [5, 5.41) is 0. The molecule has 0 bridgehead atoms. The van der Waals surface area contributed by atoms with Crippen molar-refractivity contribution in [2.75, 3.05) is 13.2 Å². The van der Waals surface area contributed by atoms with Gasteiger partial charge in [0.05, 0.1) is 0 Å². The van der Waals surface area contributed by atoms with Gasteiger partial charge < -0.3 is 9.47 Å². The van der Waals surface area contributed by atoms with Gasteiger partial charge in [-0.05, 0) is 12.2 Å². The van der Waals surface area contributed by atoms with Gasteiger partial charge in [-0.15, -0.1) is 0 Å². The van der Waals surface area contributed by atoms with Crippen LogP contribution in [0.1, 0.15) is 0 Å². The number of carbonyl (C=O) groups excluding carboxylic acids is 2. The highest BCUT2D eigenvalue weighted by Crippen LogP contribution is 2.28. The van der Waals surface area contributed by atoms with Crippen molar-refractivity contribution in [1.82, 2.24) is 0 Å². The molecule has 0 unspecified atom stereocenters. The van der Waals surface area contributed by atoms with Crippen LogP contribution in [0.15, 0.2) is 12.2 Å². The third-order valence-corrected chi connectivity index (χ3v) is 2.18. The monoisotopic (exact) mass is 376 g/mol. The number of halogens is 6. The molecule has 0 fully saturated rings. The Kier molecular flexibility index (Phi) is 8.06. The van der Waals surface area contributed by atoms with Crippen LogP contribution < -0.4 is 0 Å². The average molecular weight is 379 g/mol. The fourth-order valence-corrected chi connectivity index (χ4v) is 0.875. The molecule has 0 spiro atoms. The normalized spacial score (nSPS) is 12.6. The molecular formula is C8H6Cl6O4. The molecule has 104 valence electrons. The van der Waals surface area contributed by atoms with Gasteiger partial charge >= 0.3 is 11.9 Å². The number of esters is 2. The zero-order valence-corrected chi connectivity index (χ0v) is 13.0. The van der Waals surface area contributed by atoms with Gasteiger partial charge in [0.1, 0.15) is 13.2 Å². The van der Waals surface area contributed by atoms with E-state index in [0.29, 0.717) is 0 Å². The molecule has 0 aromatic rings. The zero-order valence-electron chi connectivity index (χ0n) is 8.47. The van der Waals surface area contributed by atoms with E-state index in [0.717, 1.165) is 0 Å². The Morgan fingerprint density at radius 3 is 1.28 bits per heavy atom. The molecule has 0 amide bonds. The fourth-order valence-electron chi connectivity index (χ4n) is 0.547. The number of hydrogen-bond donors (Lipinski definition) is 0. The third kappa shape index (κ3) is 8.51.